The molecule has 1 unspecified atom stereocenters. The third-order valence-electron chi connectivity index (χ3n) is 9.13. The van der Waals surface area contributed by atoms with Gasteiger partial charge in [-0.2, -0.15) is 0 Å². The topological polar surface area (TPSA) is 370 Å². The molecule has 21 heteroatoms. The zero-order valence-electron chi connectivity index (χ0n) is 37.7. The second kappa shape index (κ2) is 38.3. The lowest BCUT2D eigenvalue weighted by Crippen LogP contribution is -2.64. The van der Waals surface area contributed by atoms with Crippen LogP contribution >= 0.6 is 0 Å². The van der Waals surface area contributed by atoms with Crippen molar-refractivity contribution in [1.29, 1.82) is 0 Å². The van der Waals surface area contributed by atoms with E-state index in [1.807, 2.05) is 5.32 Å². The monoisotopic (exact) mass is 894 g/mol. The first-order valence-corrected chi connectivity index (χ1v) is 21.6. The molecule has 0 fully saturated rings. The Hall–Kier alpha value is -4.44. The first-order valence-electron chi connectivity index (χ1n) is 21.6. The van der Waals surface area contributed by atoms with E-state index in [2.05, 4.69) is 28.2 Å². The molecule has 0 aromatic rings. The van der Waals surface area contributed by atoms with Crippen LogP contribution in [0, 0.1) is 0 Å². The molecule has 0 saturated heterocycles. The van der Waals surface area contributed by atoms with E-state index in [-0.39, 0.29) is 18.7 Å². The Kier molecular flexibility index (Phi) is 38.2. The molecule has 0 spiro atoms. The van der Waals surface area contributed by atoms with Gasteiger partial charge in [0.25, 0.3) is 11.9 Å². The van der Waals surface area contributed by atoms with E-state index < -0.39 is 96.6 Å². The smallest absolute Gasteiger partial charge is 0.328 e. The minimum atomic E-state index is -1.71. The van der Waals surface area contributed by atoms with Crippen molar-refractivity contribution < 1.29 is 69.0 Å². The lowest BCUT2D eigenvalue weighted by Gasteiger charge is -2.29. The summed E-state index contributed by atoms with van der Waals surface area (Å²) in [5.74, 6) is -7.43. The van der Waals surface area contributed by atoms with Crippen LogP contribution in [0.25, 0.3) is 0 Å². The Bertz CT molecular complexity index is 1280. The van der Waals surface area contributed by atoms with Crippen LogP contribution in [0.15, 0.2) is 0 Å². The highest BCUT2D eigenvalue weighted by atomic mass is 16.4. The predicted octanol–water partition coefficient (Wildman–Crippen LogP) is 0.388. The Morgan fingerprint density at radius 3 is 1.24 bits per heavy atom. The van der Waals surface area contributed by atoms with E-state index >= 15 is 0 Å². The van der Waals surface area contributed by atoms with Gasteiger partial charge in [0.2, 0.25) is 29.5 Å². The Labute approximate surface area is 366 Å². The van der Waals surface area contributed by atoms with Crippen LogP contribution in [0.5, 0.6) is 0 Å². The number of carbonyl (C=O) groups is 8. The summed E-state index contributed by atoms with van der Waals surface area (Å²) in [7, 11) is 0. The molecule has 0 bridgehead atoms. The minimum absolute atomic E-state index is 0.222. The highest BCUT2D eigenvalue weighted by Crippen LogP contribution is 2.13. The number of hydrogen-bond acceptors (Lipinski definition) is 13. The maximum Gasteiger partial charge on any atom is 0.328 e. The lowest BCUT2D eigenvalue weighted by atomic mass is 10.0. The second-order valence-electron chi connectivity index (χ2n) is 15.3. The van der Waals surface area contributed by atoms with E-state index in [4.69, 9.17) is 36.4 Å². The molecule has 8 atom stereocenters. The fraction of sp³-hybridized carbons (Fsp3) is 0.805. The number of nitrogens with one attached hydrogen (secondary N) is 5. The fourth-order valence-corrected chi connectivity index (χ4v) is 5.76. The van der Waals surface area contributed by atoms with Gasteiger partial charge in [0, 0.05) is 26.3 Å². The SMILES string of the molecule is CC(=O)O.CC(=O)O.CCCCCCCCCCCCCCCC(=O)N[C@@H](CCCCN)C(=O)N[C@H](C(=O)N[C@H](C(=O)N[C@H](C(=O)N[C@@H](CO)C(=O)O)C(C)N)[C@@H](C)O)[C@@H](C)O. The molecule has 0 aliphatic rings. The van der Waals surface area contributed by atoms with Crippen LogP contribution in [0.4, 0.5) is 0 Å². The molecule has 0 radical (unpaired) electrons. The number of hydrogen-bond donors (Lipinski definition) is 13. The Balaban J connectivity index is -0.00000397. The summed E-state index contributed by atoms with van der Waals surface area (Å²) in [6.07, 6.45) is 13.7. The Morgan fingerprint density at radius 1 is 0.516 bits per heavy atom. The molecule has 362 valence electrons. The van der Waals surface area contributed by atoms with Gasteiger partial charge in [-0.3, -0.25) is 33.6 Å². The number of carboxylic acid groups (broad SMARTS) is 3. The summed E-state index contributed by atoms with van der Waals surface area (Å²) in [6.45, 7) is 7.57. The summed E-state index contributed by atoms with van der Waals surface area (Å²) in [4.78, 5) is 94.6. The first-order chi connectivity index (χ1) is 29.1. The third kappa shape index (κ3) is 34.2. The number of amides is 5. The quantitative estimate of drug-likeness (QED) is 0.0406. The minimum Gasteiger partial charge on any atom is -0.481 e. The number of unbranched alkanes of at least 4 members (excludes halogenated alkanes) is 13. The van der Waals surface area contributed by atoms with E-state index in [1.54, 1.807) is 0 Å². The van der Waals surface area contributed by atoms with Crippen LogP contribution in [0.2, 0.25) is 0 Å². The summed E-state index contributed by atoms with van der Waals surface area (Å²) in [6, 6.07) is -8.65. The van der Waals surface area contributed by atoms with Gasteiger partial charge in [-0.15, -0.1) is 0 Å². The van der Waals surface area contributed by atoms with E-state index in [0.717, 1.165) is 33.1 Å². The molecule has 0 saturated carbocycles. The zero-order valence-corrected chi connectivity index (χ0v) is 37.7. The molecule has 0 aliphatic heterocycles. The van der Waals surface area contributed by atoms with Gasteiger partial charge in [0.15, 0.2) is 0 Å². The van der Waals surface area contributed by atoms with E-state index in [9.17, 15) is 44.1 Å². The molecule has 21 nitrogen and oxygen atoms in total. The van der Waals surface area contributed by atoms with Crippen LogP contribution in [0.3, 0.4) is 0 Å². The summed E-state index contributed by atoms with van der Waals surface area (Å²) in [5, 5.41) is 65.7. The molecule has 0 rings (SSSR count). The molecule has 62 heavy (non-hydrogen) atoms. The summed E-state index contributed by atoms with van der Waals surface area (Å²) < 4.78 is 0. The number of aliphatic hydroxyl groups excluding tert-OH is 3. The third-order valence-corrected chi connectivity index (χ3v) is 9.13. The molecule has 0 aromatic carbocycles. The maximum atomic E-state index is 13.4. The fourth-order valence-electron chi connectivity index (χ4n) is 5.76. The van der Waals surface area contributed by atoms with Crippen LogP contribution < -0.4 is 38.1 Å². The molecule has 15 N–H and O–H groups in total. The van der Waals surface area contributed by atoms with E-state index in [0.29, 0.717) is 25.8 Å². The molecule has 5 amide bonds. The molecular formula is C41H79N7O14. The number of carboxylic acids is 3. The van der Waals surface area contributed by atoms with Crippen molar-refractivity contribution in [3.63, 3.8) is 0 Å². The van der Waals surface area contributed by atoms with Crippen LogP contribution in [-0.4, -0.2) is 140 Å². The van der Waals surface area contributed by atoms with Gasteiger partial charge in [0.1, 0.15) is 30.2 Å². The zero-order chi connectivity index (χ0) is 48.2. The van der Waals surface area contributed by atoms with Gasteiger partial charge in [0.05, 0.1) is 18.8 Å². The molecule has 0 aromatic heterocycles. The van der Waals surface area contributed by atoms with Crippen molar-refractivity contribution >= 4 is 47.4 Å². The van der Waals surface area contributed by atoms with Crippen LogP contribution in [0.1, 0.15) is 151 Å². The van der Waals surface area contributed by atoms with E-state index in [1.165, 1.54) is 78.6 Å². The average Bonchev–Trinajstić information content (AvgIpc) is 3.17. The normalized spacial score (nSPS) is 14.5. The van der Waals surface area contributed by atoms with Gasteiger partial charge >= 0.3 is 5.97 Å². The number of aliphatic carboxylic acids is 3. The van der Waals surface area contributed by atoms with Crippen molar-refractivity contribution in [1.82, 2.24) is 26.6 Å². The second-order valence-corrected chi connectivity index (χ2v) is 15.3. The van der Waals surface area contributed by atoms with Crippen molar-refractivity contribution in [2.75, 3.05) is 13.2 Å². The maximum absolute atomic E-state index is 13.4. The highest BCUT2D eigenvalue weighted by molar-refractivity contribution is 5.96. The van der Waals surface area contributed by atoms with Crippen molar-refractivity contribution in [2.24, 2.45) is 11.5 Å². The summed E-state index contributed by atoms with van der Waals surface area (Å²) >= 11 is 0. The summed E-state index contributed by atoms with van der Waals surface area (Å²) in [5.41, 5.74) is 11.5. The van der Waals surface area contributed by atoms with Gasteiger partial charge < -0.3 is 68.7 Å². The predicted molar refractivity (Wildman–Crippen MR) is 231 cm³/mol. The lowest BCUT2D eigenvalue weighted by molar-refractivity contribution is -0.143. The molecule has 0 aliphatic carbocycles. The van der Waals surface area contributed by atoms with Crippen molar-refractivity contribution in [3.8, 4) is 0 Å². The Morgan fingerprint density at radius 2 is 0.887 bits per heavy atom. The van der Waals surface area contributed by atoms with Crippen LogP contribution in [-0.2, 0) is 38.4 Å². The number of carbonyl (C=O) groups excluding carboxylic acids is 5. The van der Waals surface area contributed by atoms with Crippen molar-refractivity contribution in [2.45, 2.75) is 199 Å². The number of nitrogens with two attached hydrogens (primary N) is 2. The standard InChI is InChI=1S/C37H71N7O10.2C2H4O2/c1-5-6-7-8-9-10-11-12-13-14-15-16-17-21-29(48)40-27(20-18-19-22-38)33(49)43-31(25(3)46)36(52)44-32(26(4)47)35(51)42-30(24(2)39)34(50)41-28(23-45)37(53)54;2*1-2(3)4/h24-28,30-32,45-47H,5-23,38-39H2,1-4H3,(H,40,48)(H,41,50)(H,42,51)(H,43,49)(H,44,52)(H,53,54);2*1H3,(H,3,4)/t24?,25-,26-,27+,28+,30+,31+,32+;;/m1../s1. The number of rotatable bonds is 32. The average molecular weight is 894 g/mol. The van der Waals surface area contributed by atoms with Gasteiger partial charge in [-0.1, -0.05) is 84.0 Å². The number of aliphatic hydroxyl groups is 3. The van der Waals surface area contributed by atoms with Gasteiger partial charge in [-0.05, 0) is 53.0 Å². The molecular weight excluding hydrogens is 814 g/mol. The molecule has 0 heterocycles. The highest BCUT2D eigenvalue weighted by Gasteiger charge is 2.36. The first kappa shape index (κ1) is 61.9. The largest absolute Gasteiger partial charge is 0.481 e. The van der Waals surface area contributed by atoms with Crippen molar-refractivity contribution in [3.05, 3.63) is 0 Å². The van der Waals surface area contributed by atoms with Gasteiger partial charge in [-0.25, -0.2) is 4.79 Å².